The third kappa shape index (κ3) is 4.51. The number of nitrogens with zero attached hydrogens (tertiary/aromatic N) is 2. The van der Waals surface area contributed by atoms with Crippen LogP contribution in [0.3, 0.4) is 0 Å². The topological polar surface area (TPSA) is 110 Å². The molecule has 1 aliphatic heterocycles. The summed E-state index contributed by atoms with van der Waals surface area (Å²) in [6.07, 6.45) is 2.60. The van der Waals surface area contributed by atoms with Gasteiger partial charge in [-0.2, -0.15) is 0 Å². The van der Waals surface area contributed by atoms with E-state index in [0.29, 0.717) is 43.6 Å². The van der Waals surface area contributed by atoms with Crippen molar-refractivity contribution < 1.29 is 18.1 Å². The maximum absolute atomic E-state index is 12.2. The van der Waals surface area contributed by atoms with Gasteiger partial charge in [-0.05, 0) is 37.8 Å². The van der Waals surface area contributed by atoms with Gasteiger partial charge >= 0.3 is 0 Å². The van der Waals surface area contributed by atoms with Crippen molar-refractivity contribution in [2.75, 3.05) is 25.9 Å². The van der Waals surface area contributed by atoms with Gasteiger partial charge in [0.05, 0.1) is 11.2 Å². The van der Waals surface area contributed by atoms with Gasteiger partial charge in [-0.1, -0.05) is 0 Å². The number of hydrogen-bond donors (Lipinski definition) is 1. The van der Waals surface area contributed by atoms with Gasteiger partial charge in [-0.25, -0.2) is 12.7 Å². The minimum absolute atomic E-state index is 0.0142. The van der Waals surface area contributed by atoms with Crippen molar-refractivity contribution in [1.29, 1.82) is 0 Å². The Bertz CT molecular complexity index is 739. The molecule has 0 saturated carbocycles. The lowest BCUT2D eigenvalue weighted by atomic mass is 9.98. The number of aryl methyl sites for hydroxylation is 1. The SMILES string of the molecule is Cc1cc(C(=O)NCC2CCN(S(C)(=O)=O)CC2)ccc1[N+](=O)[O-]. The fraction of sp³-hybridized carbons (Fsp3) is 0.533. The number of hydrogen-bond acceptors (Lipinski definition) is 5. The van der Waals surface area contributed by atoms with Crippen LogP contribution >= 0.6 is 0 Å². The molecule has 0 radical (unpaired) electrons. The highest BCUT2D eigenvalue weighted by Gasteiger charge is 2.25. The van der Waals surface area contributed by atoms with E-state index in [1.54, 1.807) is 6.92 Å². The molecule has 8 nitrogen and oxygen atoms in total. The number of amides is 1. The predicted octanol–water partition coefficient (Wildman–Crippen LogP) is 1.30. The van der Waals surface area contributed by atoms with Gasteiger partial charge in [0, 0.05) is 36.8 Å². The lowest BCUT2D eigenvalue weighted by molar-refractivity contribution is -0.385. The molecular weight excluding hydrogens is 334 g/mol. The zero-order valence-electron chi connectivity index (χ0n) is 13.7. The van der Waals surface area contributed by atoms with Crippen LogP contribution in [0.4, 0.5) is 5.69 Å². The molecule has 2 rings (SSSR count). The van der Waals surface area contributed by atoms with Gasteiger partial charge in [-0.3, -0.25) is 14.9 Å². The van der Waals surface area contributed by atoms with E-state index in [0.717, 1.165) is 0 Å². The monoisotopic (exact) mass is 355 g/mol. The summed E-state index contributed by atoms with van der Waals surface area (Å²) in [6.45, 7) is 2.99. The van der Waals surface area contributed by atoms with Crippen molar-refractivity contribution in [2.24, 2.45) is 5.92 Å². The van der Waals surface area contributed by atoms with Crippen LogP contribution in [0.2, 0.25) is 0 Å². The first-order valence-corrected chi connectivity index (χ1v) is 9.51. The van der Waals surface area contributed by atoms with Crippen LogP contribution in [0.25, 0.3) is 0 Å². The van der Waals surface area contributed by atoms with E-state index in [2.05, 4.69) is 5.32 Å². The van der Waals surface area contributed by atoms with Crippen molar-refractivity contribution in [3.63, 3.8) is 0 Å². The number of benzene rings is 1. The van der Waals surface area contributed by atoms with E-state index in [1.807, 2.05) is 0 Å². The van der Waals surface area contributed by atoms with Gasteiger partial charge < -0.3 is 5.32 Å². The number of rotatable bonds is 5. The van der Waals surface area contributed by atoms with E-state index in [-0.39, 0.29) is 17.5 Å². The molecule has 1 N–H and O–H groups in total. The highest BCUT2D eigenvalue weighted by Crippen LogP contribution is 2.20. The van der Waals surface area contributed by atoms with Gasteiger partial charge in [0.15, 0.2) is 0 Å². The van der Waals surface area contributed by atoms with Crippen LogP contribution in [0.15, 0.2) is 18.2 Å². The Labute approximate surface area is 141 Å². The van der Waals surface area contributed by atoms with Crippen molar-refractivity contribution in [3.8, 4) is 0 Å². The van der Waals surface area contributed by atoms with Crippen molar-refractivity contribution in [2.45, 2.75) is 19.8 Å². The first-order valence-electron chi connectivity index (χ1n) is 7.67. The second kappa shape index (κ2) is 7.27. The van der Waals surface area contributed by atoms with Crippen molar-refractivity contribution in [3.05, 3.63) is 39.4 Å². The molecule has 1 fully saturated rings. The van der Waals surface area contributed by atoms with Crippen LogP contribution in [0, 0.1) is 23.0 Å². The van der Waals surface area contributed by atoms with Crippen LogP contribution < -0.4 is 5.32 Å². The number of nitro groups is 1. The quantitative estimate of drug-likeness (QED) is 0.632. The molecule has 1 aromatic rings. The molecule has 24 heavy (non-hydrogen) atoms. The van der Waals surface area contributed by atoms with Gasteiger partial charge in [0.1, 0.15) is 0 Å². The molecule has 9 heteroatoms. The third-order valence-electron chi connectivity index (χ3n) is 4.25. The zero-order valence-corrected chi connectivity index (χ0v) is 14.5. The molecule has 1 heterocycles. The Hall–Kier alpha value is -2.00. The van der Waals surface area contributed by atoms with Gasteiger partial charge in [0.25, 0.3) is 11.6 Å². The summed E-state index contributed by atoms with van der Waals surface area (Å²) in [6, 6.07) is 4.27. The van der Waals surface area contributed by atoms with Crippen LogP contribution in [0.1, 0.15) is 28.8 Å². The van der Waals surface area contributed by atoms with E-state index < -0.39 is 14.9 Å². The van der Waals surface area contributed by atoms with E-state index >= 15 is 0 Å². The molecule has 0 aromatic heterocycles. The Morgan fingerprint density at radius 2 is 2.00 bits per heavy atom. The molecule has 1 amide bonds. The molecule has 1 aromatic carbocycles. The Balaban J connectivity index is 1.88. The third-order valence-corrected chi connectivity index (χ3v) is 5.55. The lowest BCUT2D eigenvalue weighted by Gasteiger charge is -2.30. The molecule has 0 unspecified atom stereocenters. The number of piperidine rings is 1. The summed E-state index contributed by atoms with van der Waals surface area (Å²) < 4.78 is 24.4. The average molecular weight is 355 g/mol. The molecule has 1 aliphatic rings. The normalized spacial score (nSPS) is 16.8. The van der Waals surface area contributed by atoms with E-state index in [1.165, 1.54) is 28.8 Å². The highest BCUT2D eigenvalue weighted by atomic mass is 32.2. The smallest absolute Gasteiger partial charge is 0.272 e. The fourth-order valence-corrected chi connectivity index (χ4v) is 3.66. The molecule has 0 aliphatic carbocycles. The number of carbonyl (C=O) groups excluding carboxylic acids is 1. The molecule has 0 spiro atoms. The number of nitro benzene ring substituents is 1. The second-order valence-electron chi connectivity index (χ2n) is 6.07. The second-order valence-corrected chi connectivity index (χ2v) is 8.06. The fourth-order valence-electron chi connectivity index (χ4n) is 2.79. The minimum atomic E-state index is -3.15. The first kappa shape index (κ1) is 18.3. The maximum Gasteiger partial charge on any atom is 0.272 e. The van der Waals surface area contributed by atoms with Crippen LogP contribution in [0.5, 0.6) is 0 Å². The largest absolute Gasteiger partial charge is 0.352 e. The highest BCUT2D eigenvalue weighted by molar-refractivity contribution is 7.88. The summed E-state index contributed by atoms with van der Waals surface area (Å²) in [5.74, 6) is -0.0513. The lowest BCUT2D eigenvalue weighted by Crippen LogP contribution is -2.41. The number of carbonyl (C=O) groups is 1. The van der Waals surface area contributed by atoms with Gasteiger partial charge in [0.2, 0.25) is 10.0 Å². The van der Waals surface area contributed by atoms with Crippen molar-refractivity contribution in [1.82, 2.24) is 9.62 Å². The van der Waals surface area contributed by atoms with E-state index in [4.69, 9.17) is 0 Å². The van der Waals surface area contributed by atoms with Crippen LogP contribution in [-0.2, 0) is 10.0 Å². The molecule has 0 bridgehead atoms. The van der Waals surface area contributed by atoms with Crippen molar-refractivity contribution >= 4 is 21.6 Å². The number of sulfonamides is 1. The van der Waals surface area contributed by atoms with Crippen LogP contribution in [-0.4, -0.2) is 49.4 Å². The molecular formula is C15H21N3O5S. The Morgan fingerprint density at radius 3 is 2.50 bits per heavy atom. The summed E-state index contributed by atoms with van der Waals surface area (Å²) in [5.41, 5.74) is 0.806. The summed E-state index contributed by atoms with van der Waals surface area (Å²) >= 11 is 0. The summed E-state index contributed by atoms with van der Waals surface area (Å²) in [4.78, 5) is 22.5. The standard InChI is InChI=1S/C15H21N3O5S/c1-11-9-13(3-4-14(11)18(20)21)15(19)16-10-12-5-7-17(8-6-12)24(2,22)23/h3-4,9,12H,5-8,10H2,1-2H3,(H,16,19). The molecule has 132 valence electrons. The van der Waals surface area contributed by atoms with E-state index in [9.17, 15) is 23.3 Å². The average Bonchev–Trinajstić information content (AvgIpc) is 2.51. The number of nitrogens with one attached hydrogen (secondary N) is 1. The zero-order chi connectivity index (χ0) is 17.9. The summed E-state index contributed by atoms with van der Waals surface area (Å²) in [5, 5.41) is 13.6. The minimum Gasteiger partial charge on any atom is -0.352 e. The molecule has 0 atom stereocenters. The summed E-state index contributed by atoms with van der Waals surface area (Å²) in [7, 11) is -3.15. The predicted molar refractivity (Wildman–Crippen MR) is 89.3 cm³/mol. The van der Waals surface area contributed by atoms with Gasteiger partial charge in [-0.15, -0.1) is 0 Å². The first-order chi connectivity index (χ1) is 11.2. The Kier molecular flexibility index (Phi) is 5.55. The maximum atomic E-state index is 12.2. The Morgan fingerprint density at radius 1 is 1.38 bits per heavy atom. The molecule has 1 saturated heterocycles.